The van der Waals surface area contributed by atoms with Crippen LogP contribution in [-0.4, -0.2) is 24.9 Å². The first kappa shape index (κ1) is 16.3. The first-order chi connectivity index (χ1) is 9.98. The zero-order valence-electron chi connectivity index (χ0n) is 13.8. The van der Waals surface area contributed by atoms with Crippen molar-refractivity contribution in [3.63, 3.8) is 0 Å². The number of ether oxygens (including phenoxy) is 2. The Bertz CT molecular complexity index is 443. The molecule has 21 heavy (non-hydrogen) atoms. The van der Waals surface area contributed by atoms with E-state index in [1.54, 1.807) is 0 Å². The van der Waals surface area contributed by atoms with Gasteiger partial charge < -0.3 is 14.8 Å². The van der Waals surface area contributed by atoms with Gasteiger partial charge in [0.25, 0.3) is 0 Å². The molecule has 0 bridgehead atoms. The molecule has 3 heteroatoms. The molecule has 1 heterocycles. The lowest BCUT2D eigenvalue weighted by Crippen LogP contribution is -2.39. The minimum absolute atomic E-state index is 0.104. The van der Waals surface area contributed by atoms with Crippen molar-refractivity contribution in [1.29, 1.82) is 0 Å². The first-order valence-corrected chi connectivity index (χ1v) is 8.11. The average molecular weight is 291 g/mol. The molecular formula is C18H29NO2. The van der Waals surface area contributed by atoms with Gasteiger partial charge in [-0.15, -0.1) is 0 Å². The molecule has 0 saturated heterocycles. The number of rotatable bonds is 7. The fourth-order valence-corrected chi connectivity index (χ4v) is 2.81. The molecule has 1 N–H and O–H groups in total. The number of fused-ring (bicyclic) bond motifs is 1. The predicted molar refractivity (Wildman–Crippen MR) is 86.8 cm³/mol. The third-order valence-corrected chi connectivity index (χ3v) is 3.79. The van der Waals surface area contributed by atoms with Crippen molar-refractivity contribution in [3.8, 4) is 5.75 Å². The summed E-state index contributed by atoms with van der Waals surface area (Å²) in [6.07, 6.45) is 3.60. The van der Waals surface area contributed by atoms with Crippen LogP contribution < -0.4 is 10.1 Å². The van der Waals surface area contributed by atoms with Gasteiger partial charge in [0.1, 0.15) is 11.4 Å². The molecule has 0 fully saturated rings. The van der Waals surface area contributed by atoms with Crippen LogP contribution in [0.3, 0.4) is 0 Å². The molecule has 3 nitrogen and oxygen atoms in total. The van der Waals surface area contributed by atoms with Crippen LogP contribution in [0.1, 0.15) is 58.6 Å². The molecule has 118 valence electrons. The Morgan fingerprint density at radius 1 is 1.29 bits per heavy atom. The van der Waals surface area contributed by atoms with Crippen LogP contribution >= 0.6 is 0 Å². The summed E-state index contributed by atoms with van der Waals surface area (Å²) in [6.45, 7) is 10.4. The number of hydrogen-bond acceptors (Lipinski definition) is 3. The summed E-state index contributed by atoms with van der Waals surface area (Å²) in [6, 6.07) is 8.76. The third kappa shape index (κ3) is 5.01. The number of benzene rings is 1. The standard InChI is InChI=1S/C18H29NO2/c1-14(2)20-12-8-7-11-19-16-13-18(3,4)21-17-10-6-5-9-15(16)17/h5-6,9-10,14,16,19H,7-8,11-13H2,1-4H3. The van der Waals surface area contributed by atoms with Gasteiger partial charge in [-0.05, 0) is 53.1 Å². The van der Waals surface area contributed by atoms with Gasteiger partial charge in [-0.25, -0.2) is 0 Å². The van der Waals surface area contributed by atoms with E-state index in [1.165, 1.54) is 5.56 Å². The molecule has 0 radical (unpaired) electrons. The van der Waals surface area contributed by atoms with Crippen LogP contribution in [0.5, 0.6) is 5.75 Å². The van der Waals surface area contributed by atoms with Crippen LogP contribution in [0, 0.1) is 0 Å². The summed E-state index contributed by atoms with van der Waals surface area (Å²) in [5.41, 5.74) is 1.18. The van der Waals surface area contributed by atoms with Crippen LogP contribution in [0.25, 0.3) is 0 Å². The van der Waals surface area contributed by atoms with Gasteiger partial charge in [0.05, 0.1) is 6.10 Å². The van der Waals surface area contributed by atoms with Crippen LogP contribution in [0.4, 0.5) is 0 Å². The Hall–Kier alpha value is -1.06. The number of nitrogens with one attached hydrogen (secondary N) is 1. The highest BCUT2D eigenvalue weighted by atomic mass is 16.5. The summed E-state index contributed by atoms with van der Waals surface area (Å²) in [7, 11) is 0. The zero-order chi connectivity index (χ0) is 15.3. The third-order valence-electron chi connectivity index (χ3n) is 3.79. The lowest BCUT2D eigenvalue weighted by atomic mass is 9.89. The van der Waals surface area contributed by atoms with Gasteiger partial charge >= 0.3 is 0 Å². The van der Waals surface area contributed by atoms with Gasteiger partial charge in [-0.1, -0.05) is 18.2 Å². The normalized spacial score (nSPS) is 20.1. The first-order valence-electron chi connectivity index (χ1n) is 8.11. The van der Waals surface area contributed by atoms with Gasteiger partial charge in [-0.3, -0.25) is 0 Å². The van der Waals surface area contributed by atoms with E-state index in [0.717, 1.165) is 38.2 Å². The molecular weight excluding hydrogens is 262 g/mol. The van der Waals surface area contributed by atoms with Gasteiger partial charge in [0, 0.05) is 24.6 Å². The van der Waals surface area contributed by atoms with E-state index in [4.69, 9.17) is 9.47 Å². The second-order valence-electron chi connectivity index (χ2n) is 6.74. The fourth-order valence-electron chi connectivity index (χ4n) is 2.81. The number of para-hydroxylation sites is 1. The predicted octanol–water partition coefficient (Wildman–Crippen LogP) is 4.08. The molecule has 1 aliphatic heterocycles. The van der Waals surface area contributed by atoms with Crippen molar-refractivity contribution in [2.45, 2.75) is 64.7 Å². The molecule has 0 aromatic heterocycles. The maximum Gasteiger partial charge on any atom is 0.124 e. The SMILES string of the molecule is CC(C)OCCCCNC1CC(C)(C)Oc2ccccc21. The van der Waals surface area contributed by atoms with Gasteiger partial charge in [0.2, 0.25) is 0 Å². The molecule has 1 aromatic rings. The lowest BCUT2D eigenvalue weighted by Gasteiger charge is -2.38. The summed E-state index contributed by atoms with van der Waals surface area (Å²) in [5.74, 6) is 1.02. The van der Waals surface area contributed by atoms with Crippen molar-refractivity contribution in [1.82, 2.24) is 5.32 Å². The Morgan fingerprint density at radius 3 is 2.81 bits per heavy atom. The smallest absolute Gasteiger partial charge is 0.124 e. The maximum absolute atomic E-state index is 6.06. The summed E-state index contributed by atoms with van der Waals surface area (Å²) >= 11 is 0. The minimum Gasteiger partial charge on any atom is -0.487 e. The molecule has 0 amide bonds. The highest BCUT2D eigenvalue weighted by Gasteiger charge is 2.32. The van der Waals surface area contributed by atoms with Gasteiger partial charge in [0.15, 0.2) is 0 Å². The Morgan fingerprint density at radius 2 is 2.05 bits per heavy atom. The molecule has 1 unspecified atom stereocenters. The summed E-state index contributed by atoms with van der Waals surface area (Å²) < 4.78 is 11.6. The topological polar surface area (TPSA) is 30.5 Å². The molecule has 0 spiro atoms. The van der Waals surface area contributed by atoms with Crippen molar-refractivity contribution < 1.29 is 9.47 Å². The van der Waals surface area contributed by atoms with Crippen molar-refractivity contribution in [2.24, 2.45) is 0 Å². The highest BCUT2D eigenvalue weighted by Crippen LogP contribution is 2.39. The quantitative estimate of drug-likeness (QED) is 0.768. The van der Waals surface area contributed by atoms with Crippen LogP contribution in [0.2, 0.25) is 0 Å². The molecule has 0 aliphatic carbocycles. The van der Waals surface area contributed by atoms with Crippen molar-refractivity contribution in [2.75, 3.05) is 13.2 Å². The second kappa shape index (κ2) is 7.28. The van der Waals surface area contributed by atoms with Crippen molar-refractivity contribution >= 4 is 0 Å². The Balaban J connectivity index is 1.83. The Labute approximate surface area is 129 Å². The monoisotopic (exact) mass is 291 g/mol. The lowest BCUT2D eigenvalue weighted by molar-refractivity contribution is 0.0642. The number of unbranched alkanes of at least 4 members (excludes halogenated alkanes) is 1. The van der Waals surface area contributed by atoms with E-state index >= 15 is 0 Å². The highest BCUT2D eigenvalue weighted by molar-refractivity contribution is 5.38. The summed E-state index contributed by atoms with van der Waals surface area (Å²) in [5, 5.41) is 3.69. The average Bonchev–Trinajstić information content (AvgIpc) is 2.41. The largest absolute Gasteiger partial charge is 0.487 e. The second-order valence-corrected chi connectivity index (χ2v) is 6.74. The maximum atomic E-state index is 6.06. The zero-order valence-corrected chi connectivity index (χ0v) is 13.8. The Kier molecular flexibility index (Phi) is 5.65. The van der Waals surface area contributed by atoms with E-state index < -0.39 is 0 Å². The van der Waals surface area contributed by atoms with Crippen LogP contribution in [0.15, 0.2) is 24.3 Å². The molecule has 2 rings (SSSR count). The van der Waals surface area contributed by atoms with E-state index in [9.17, 15) is 0 Å². The van der Waals surface area contributed by atoms with E-state index in [-0.39, 0.29) is 5.60 Å². The molecule has 1 aliphatic rings. The molecule has 1 atom stereocenters. The van der Waals surface area contributed by atoms with E-state index in [1.807, 2.05) is 6.07 Å². The minimum atomic E-state index is -0.104. The van der Waals surface area contributed by atoms with Crippen molar-refractivity contribution in [3.05, 3.63) is 29.8 Å². The van der Waals surface area contributed by atoms with E-state index in [0.29, 0.717) is 12.1 Å². The summed E-state index contributed by atoms with van der Waals surface area (Å²) in [4.78, 5) is 0. The van der Waals surface area contributed by atoms with Crippen LogP contribution in [-0.2, 0) is 4.74 Å². The van der Waals surface area contributed by atoms with Gasteiger partial charge in [-0.2, -0.15) is 0 Å². The fraction of sp³-hybridized carbons (Fsp3) is 0.667. The number of hydrogen-bond donors (Lipinski definition) is 1. The van der Waals surface area contributed by atoms with E-state index in [2.05, 4.69) is 51.2 Å². The molecule has 0 saturated carbocycles. The molecule has 1 aromatic carbocycles.